The average Bonchev–Trinajstić information content (AvgIpc) is 3.16. The molecule has 5 nitrogen and oxygen atoms in total. The zero-order valence-electron chi connectivity index (χ0n) is 14.8. The van der Waals surface area contributed by atoms with E-state index < -0.39 is 5.91 Å². The summed E-state index contributed by atoms with van der Waals surface area (Å²) < 4.78 is 11.0. The molecule has 0 bridgehead atoms. The Bertz CT molecular complexity index is 924. The first-order valence-corrected chi connectivity index (χ1v) is 8.67. The lowest BCUT2D eigenvalue weighted by atomic mass is 10.1. The number of anilines is 1. The molecule has 1 fully saturated rings. The van der Waals surface area contributed by atoms with Crippen LogP contribution in [0.3, 0.4) is 0 Å². The van der Waals surface area contributed by atoms with Crippen molar-refractivity contribution in [3.8, 4) is 11.8 Å². The van der Waals surface area contributed by atoms with Crippen LogP contribution in [-0.2, 0) is 4.79 Å². The summed E-state index contributed by atoms with van der Waals surface area (Å²) in [7, 11) is 1.49. The fraction of sp³-hybridized carbons (Fsp3) is 0.300. The zero-order valence-corrected chi connectivity index (χ0v) is 15.6. The molecule has 3 rings (SSSR count). The van der Waals surface area contributed by atoms with Crippen molar-refractivity contribution < 1.29 is 13.9 Å². The zero-order chi connectivity index (χ0) is 18.8. The van der Waals surface area contributed by atoms with Gasteiger partial charge in [0, 0.05) is 23.1 Å². The Balaban J connectivity index is 1.80. The van der Waals surface area contributed by atoms with Crippen molar-refractivity contribution in [2.45, 2.75) is 26.2 Å². The Morgan fingerprint density at radius 3 is 2.81 bits per heavy atom. The molecule has 1 aliphatic carbocycles. The van der Waals surface area contributed by atoms with Crippen LogP contribution in [0.4, 0.5) is 5.69 Å². The highest BCUT2D eigenvalue weighted by molar-refractivity contribution is 6.31. The van der Waals surface area contributed by atoms with Crippen LogP contribution >= 0.6 is 11.6 Å². The number of hydrogen-bond donors (Lipinski definition) is 1. The van der Waals surface area contributed by atoms with Crippen molar-refractivity contribution in [2.24, 2.45) is 5.92 Å². The van der Waals surface area contributed by atoms with E-state index >= 15 is 0 Å². The lowest BCUT2D eigenvalue weighted by Gasteiger charge is -2.11. The first-order valence-electron chi connectivity index (χ1n) is 8.30. The Morgan fingerprint density at radius 2 is 2.19 bits per heavy atom. The predicted molar refractivity (Wildman–Crippen MR) is 100 cm³/mol. The molecule has 0 unspecified atom stereocenters. The minimum atomic E-state index is -0.537. The molecular formula is C20H19ClN2O3. The normalized spacial score (nSPS) is 19.0. The Morgan fingerprint density at radius 1 is 1.46 bits per heavy atom. The molecule has 0 aliphatic heterocycles. The van der Waals surface area contributed by atoms with Crippen LogP contribution in [0.25, 0.3) is 6.08 Å². The SMILES string of the molecule is COc1cc(Cl)c(C)cc1NC(=O)/C(C#N)=C/c1ccc([C@H]2C[C@H]2C)o1. The van der Waals surface area contributed by atoms with Crippen LogP contribution in [0, 0.1) is 24.2 Å². The minimum absolute atomic E-state index is 0.0515. The number of halogens is 1. The number of methoxy groups -OCH3 is 1. The van der Waals surface area contributed by atoms with Gasteiger partial charge in [0.2, 0.25) is 0 Å². The summed E-state index contributed by atoms with van der Waals surface area (Å²) in [4.78, 5) is 12.5. The fourth-order valence-electron chi connectivity index (χ4n) is 2.77. The van der Waals surface area contributed by atoms with Gasteiger partial charge in [-0.25, -0.2) is 0 Å². The first-order chi connectivity index (χ1) is 12.4. The third-order valence-corrected chi connectivity index (χ3v) is 4.91. The molecule has 0 saturated heterocycles. The maximum absolute atomic E-state index is 12.5. The second-order valence-corrected chi connectivity index (χ2v) is 6.89. The molecule has 134 valence electrons. The standard InChI is InChI=1S/C20H19ClN2O3/c1-11-6-15(11)18-5-4-14(26-18)8-13(10-22)20(24)23-17-7-12(2)16(21)9-19(17)25-3/h4-5,7-9,11,15H,6H2,1-3H3,(H,23,24)/b13-8+/t11-,15+/m1/s1. The molecule has 26 heavy (non-hydrogen) atoms. The van der Waals surface area contributed by atoms with Crippen LogP contribution in [-0.4, -0.2) is 13.0 Å². The summed E-state index contributed by atoms with van der Waals surface area (Å²) >= 11 is 6.07. The van der Waals surface area contributed by atoms with Gasteiger partial charge in [-0.3, -0.25) is 4.79 Å². The van der Waals surface area contributed by atoms with Crippen LogP contribution in [0.2, 0.25) is 5.02 Å². The quantitative estimate of drug-likeness (QED) is 0.598. The van der Waals surface area contributed by atoms with E-state index in [0.717, 1.165) is 17.7 Å². The molecule has 2 aromatic rings. The van der Waals surface area contributed by atoms with E-state index in [9.17, 15) is 10.1 Å². The van der Waals surface area contributed by atoms with Gasteiger partial charge in [-0.2, -0.15) is 5.26 Å². The molecule has 0 radical (unpaired) electrons. The Labute approximate surface area is 157 Å². The molecule has 6 heteroatoms. The van der Waals surface area contributed by atoms with Crippen LogP contribution in [0.1, 0.15) is 36.3 Å². The van der Waals surface area contributed by atoms with Gasteiger partial charge in [0.25, 0.3) is 5.91 Å². The van der Waals surface area contributed by atoms with Crippen LogP contribution in [0.15, 0.2) is 34.3 Å². The number of hydrogen-bond acceptors (Lipinski definition) is 4. The highest BCUT2D eigenvalue weighted by Crippen LogP contribution is 2.47. The van der Waals surface area contributed by atoms with E-state index in [2.05, 4.69) is 12.2 Å². The smallest absolute Gasteiger partial charge is 0.266 e. The van der Waals surface area contributed by atoms with Gasteiger partial charge in [0.1, 0.15) is 28.9 Å². The van der Waals surface area contributed by atoms with Gasteiger partial charge in [0.05, 0.1) is 12.8 Å². The topological polar surface area (TPSA) is 75.3 Å². The first kappa shape index (κ1) is 18.1. The number of aryl methyl sites for hydroxylation is 1. The molecule has 1 aromatic carbocycles. The van der Waals surface area contributed by atoms with E-state index in [1.165, 1.54) is 13.2 Å². The average molecular weight is 371 g/mol. The van der Waals surface area contributed by atoms with Crippen molar-refractivity contribution in [2.75, 3.05) is 12.4 Å². The molecule has 2 atom stereocenters. The van der Waals surface area contributed by atoms with E-state index in [1.54, 1.807) is 18.2 Å². The number of nitrogens with zero attached hydrogens (tertiary/aromatic N) is 1. The van der Waals surface area contributed by atoms with Crippen molar-refractivity contribution >= 4 is 29.3 Å². The number of ether oxygens (including phenoxy) is 1. The maximum Gasteiger partial charge on any atom is 0.266 e. The third-order valence-electron chi connectivity index (χ3n) is 4.50. The van der Waals surface area contributed by atoms with Gasteiger partial charge in [-0.05, 0) is 43.0 Å². The number of carbonyl (C=O) groups excluding carboxylic acids is 1. The summed E-state index contributed by atoms with van der Waals surface area (Å²) in [6.45, 7) is 3.99. The number of nitriles is 1. The fourth-order valence-corrected chi connectivity index (χ4v) is 2.93. The molecule has 1 aliphatic rings. The molecule has 1 heterocycles. The Hall–Kier alpha value is -2.71. The van der Waals surface area contributed by atoms with Gasteiger partial charge < -0.3 is 14.5 Å². The van der Waals surface area contributed by atoms with Crippen molar-refractivity contribution in [3.63, 3.8) is 0 Å². The number of furan rings is 1. The predicted octanol–water partition coefficient (Wildman–Crippen LogP) is 4.92. The highest BCUT2D eigenvalue weighted by Gasteiger charge is 2.36. The van der Waals surface area contributed by atoms with Crippen molar-refractivity contribution in [3.05, 3.63) is 51.9 Å². The van der Waals surface area contributed by atoms with E-state index in [-0.39, 0.29) is 5.57 Å². The van der Waals surface area contributed by atoms with Crippen LogP contribution in [0.5, 0.6) is 5.75 Å². The Kier molecular flexibility index (Phi) is 5.06. The summed E-state index contributed by atoms with van der Waals surface area (Å²) in [5.41, 5.74) is 1.19. The monoisotopic (exact) mass is 370 g/mol. The molecule has 1 N–H and O–H groups in total. The number of amides is 1. The van der Waals surface area contributed by atoms with Gasteiger partial charge >= 0.3 is 0 Å². The minimum Gasteiger partial charge on any atom is -0.495 e. The molecule has 1 saturated carbocycles. The number of nitrogens with one attached hydrogen (secondary N) is 1. The van der Waals surface area contributed by atoms with Gasteiger partial charge in [-0.15, -0.1) is 0 Å². The van der Waals surface area contributed by atoms with E-state index in [4.69, 9.17) is 20.8 Å². The molecule has 0 spiro atoms. The number of carbonyl (C=O) groups is 1. The lowest BCUT2D eigenvalue weighted by molar-refractivity contribution is -0.112. The third kappa shape index (κ3) is 3.76. The largest absolute Gasteiger partial charge is 0.495 e. The van der Waals surface area contributed by atoms with Gasteiger partial charge in [-0.1, -0.05) is 18.5 Å². The number of rotatable bonds is 5. The molecule has 1 amide bonds. The summed E-state index contributed by atoms with van der Waals surface area (Å²) in [6.07, 6.45) is 2.55. The second-order valence-electron chi connectivity index (χ2n) is 6.49. The van der Waals surface area contributed by atoms with Crippen LogP contribution < -0.4 is 10.1 Å². The number of benzene rings is 1. The van der Waals surface area contributed by atoms with Crippen molar-refractivity contribution in [1.82, 2.24) is 0 Å². The highest BCUT2D eigenvalue weighted by atomic mass is 35.5. The summed E-state index contributed by atoms with van der Waals surface area (Å²) in [6, 6.07) is 8.92. The van der Waals surface area contributed by atoms with Gasteiger partial charge in [0.15, 0.2) is 0 Å². The molecular weight excluding hydrogens is 352 g/mol. The van der Waals surface area contributed by atoms with E-state index in [0.29, 0.717) is 34.1 Å². The summed E-state index contributed by atoms with van der Waals surface area (Å²) in [5, 5.41) is 12.6. The second kappa shape index (κ2) is 7.27. The maximum atomic E-state index is 12.5. The van der Waals surface area contributed by atoms with E-state index in [1.807, 2.05) is 19.1 Å². The lowest BCUT2D eigenvalue weighted by Crippen LogP contribution is -2.14. The molecule has 1 aromatic heterocycles. The van der Waals surface area contributed by atoms with Crippen molar-refractivity contribution in [1.29, 1.82) is 5.26 Å². The summed E-state index contributed by atoms with van der Waals surface area (Å²) in [5.74, 6) is 2.34.